The molecule has 1 N–H and O–H groups in total. The number of amides is 1. The SMILES string of the molecule is O=C(NC1CCC1)[C@@H]1CCCN(C2CCN(Cc3ccccc3)CC2)C1. The molecule has 1 aromatic rings. The van der Waals surface area contributed by atoms with Gasteiger partial charge in [-0.3, -0.25) is 14.6 Å². The third-order valence-electron chi connectivity index (χ3n) is 6.60. The Hall–Kier alpha value is -1.39. The molecule has 1 amide bonds. The number of benzene rings is 1. The molecule has 4 heteroatoms. The van der Waals surface area contributed by atoms with Gasteiger partial charge in [0.1, 0.15) is 0 Å². The molecule has 0 radical (unpaired) electrons. The Kier molecular flexibility index (Phi) is 5.91. The Morgan fingerprint density at radius 2 is 1.73 bits per heavy atom. The van der Waals surface area contributed by atoms with E-state index in [4.69, 9.17) is 0 Å². The highest BCUT2D eigenvalue weighted by Crippen LogP contribution is 2.26. The monoisotopic (exact) mass is 355 g/mol. The molecule has 2 saturated heterocycles. The molecule has 0 spiro atoms. The lowest BCUT2D eigenvalue weighted by atomic mass is 9.90. The van der Waals surface area contributed by atoms with Gasteiger partial charge >= 0.3 is 0 Å². The predicted octanol–water partition coefficient (Wildman–Crippen LogP) is 3.03. The Bertz CT molecular complexity index is 578. The van der Waals surface area contributed by atoms with Crippen LogP contribution < -0.4 is 5.32 Å². The van der Waals surface area contributed by atoms with Crippen LogP contribution in [0.25, 0.3) is 0 Å². The van der Waals surface area contributed by atoms with Crippen LogP contribution in [0.4, 0.5) is 0 Å². The average Bonchev–Trinajstić information content (AvgIpc) is 2.66. The minimum absolute atomic E-state index is 0.215. The first-order valence-electron chi connectivity index (χ1n) is 10.6. The van der Waals surface area contributed by atoms with Gasteiger partial charge in [-0.15, -0.1) is 0 Å². The van der Waals surface area contributed by atoms with Crippen LogP contribution in [0.1, 0.15) is 50.5 Å². The van der Waals surface area contributed by atoms with Gasteiger partial charge in [0.2, 0.25) is 5.91 Å². The van der Waals surface area contributed by atoms with Crippen molar-refractivity contribution in [3.8, 4) is 0 Å². The molecule has 4 rings (SSSR count). The highest BCUT2D eigenvalue weighted by Gasteiger charge is 2.32. The van der Waals surface area contributed by atoms with E-state index < -0.39 is 0 Å². The molecule has 2 aliphatic heterocycles. The number of piperidine rings is 2. The summed E-state index contributed by atoms with van der Waals surface area (Å²) in [5.74, 6) is 0.535. The number of hydrogen-bond acceptors (Lipinski definition) is 3. The van der Waals surface area contributed by atoms with Gasteiger partial charge in [0.25, 0.3) is 0 Å². The third kappa shape index (κ3) is 4.47. The summed E-state index contributed by atoms with van der Waals surface area (Å²) in [5.41, 5.74) is 1.41. The van der Waals surface area contributed by atoms with Gasteiger partial charge in [-0.1, -0.05) is 30.3 Å². The van der Waals surface area contributed by atoms with Gasteiger partial charge < -0.3 is 5.32 Å². The number of likely N-dealkylation sites (tertiary alicyclic amines) is 2. The summed E-state index contributed by atoms with van der Waals surface area (Å²) < 4.78 is 0. The summed E-state index contributed by atoms with van der Waals surface area (Å²) in [6.07, 6.45) is 8.37. The van der Waals surface area contributed by atoms with Crippen molar-refractivity contribution in [2.75, 3.05) is 26.2 Å². The maximum Gasteiger partial charge on any atom is 0.224 e. The standard InChI is InChI=1S/C22H33N3O/c26-22(23-20-9-4-10-20)19-8-5-13-25(17-19)21-11-14-24(15-12-21)16-18-6-2-1-3-7-18/h1-3,6-7,19-21H,4-5,8-17H2,(H,23,26)/t19-/m1/s1. The number of nitrogens with one attached hydrogen (secondary N) is 1. The second-order valence-corrected chi connectivity index (χ2v) is 8.46. The van der Waals surface area contributed by atoms with Crippen molar-refractivity contribution in [1.29, 1.82) is 0 Å². The lowest BCUT2D eigenvalue weighted by Crippen LogP contribution is -2.52. The second-order valence-electron chi connectivity index (χ2n) is 8.46. The first-order valence-corrected chi connectivity index (χ1v) is 10.6. The van der Waals surface area contributed by atoms with Crippen molar-refractivity contribution in [1.82, 2.24) is 15.1 Å². The summed E-state index contributed by atoms with van der Waals surface area (Å²) >= 11 is 0. The Labute approximate surface area is 157 Å². The zero-order valence-corrected chi connectivity index (χ0v) is 15.9. The van der Waals surface area contributed by atoms with Crippen LogP contribution in [0.2, 0.25) is 0 Å². The zero-order chi connectivity index (χ0) is 17.8. The quantitative estimate of drug-likeness (QED) is 0.882. The highest BCUT2D eigenvalue weighted by atomic mass is 16.2. The molecule has 0 bridgehead atoms. The minimum Gasteiger partial charge on any atom is -0.353 e. The van der Waals surface area contributed by atoms with E-state index in [0.717, 1.165) is 19.5 Å². The van der Waals surface area contributed by atoms with E-state index in [1.54, 1.807) is 0 Å². The largest absolute Gasteiger partial charge is 0.353 e. The van der Waals surface area contributed by atoms with E-state index >= 15 is 0 Å². The van der Waals surface area contributed by atoms with Crippen LogP contribution in [0.15, 0.2) is 30.3 Å². The number of carbonyl (C=O) groups excluding carboxylic acids is 1. The molecule has 26 heavy (non-hydrogen) atoms. The predicted molar refractivity (Wildman–Crippen MR) is 105 cm³/mol. The molecule has 2 heterocycles. The van der Waals surface area contributed by atoms with Crippen molar-refractivity contribution in [3.63, 3.8) is 0 Å². The van der Waals surface area contributed by atoms with Crippen molar-refractivity contribution >= 4 is 5.91 Å². The summed E-state index contributed by atoms with van der Waals surface area (Å²) in [6, 6.07) is 11.9. The minimum atomic E-state index is 0.215. The third-order valence-corrected chi connectivity index (χ3v) is 6.60. The Morgan fingerprint density at radius 3 is 2.42 bits per heavy atom. The molecule has 0 aromatic heterocycles. The lowest BCUT2D eigenvalue weighted by molar-refractivity contribution is -0.128. The summed E-state index contributed by atoms with van der Waals surface area (Å²) in [4.78, 5) is 17.7. The normalized spacial score (nSPS) is 26.4. The first-order chi connectivity index (χ1) is 12.8. The van der Waals surface area contributed by atoms with Crippen molar-refractivity contribution in [2.45, 2.75) is 63.6 Å². The van der Waals surface area contributed by atoms with Gasteiger partial charge in [0.15, 0.2) is 0 Å². The molecule has 0 unspecified atom stereocenters. The molecule has 3 aliphatic rings. The number of hydrogen-bond donors (Lipinski definition) is 1. The summed E-state index contributed by atoms with van der Waals surface area (Å²) in [6.45, 7) is 5.57. The molecule has 3 fully saturated rings. The molecule has 1 aliphatic carbocycles. The Morgan fingerprint density at radius 1 is 0.962 bits per heavy atom. The smallest absolute Gasteiger partial charge is 0.224 e. The number of carbonyl (C=O) groups is 1. The van der Waals surface area contributed by atoms with Crippen molar-refractivity contribution in [3.05, 3.63) is 35.9 Å². The average molecular weight is 356 g/mol. The van der Waals surface area contributed by atoms with E-state index in [1.807, 2.05) is 0 Å². The Balaban J connectivity index is 1.24. The number of rotatable bonds is 5. The zero-order valence-electron chi connectivity index (χ0n) is 15.9. The fourth-order valence-electron chi connectivity index (χ4n) is 4.71. The van der Waals surface area contributed by atoms with Crippen LogP contribution in [0.5, 0.6) is 0 Å². The number of nitrogens with zero attached hydrogens (tertiary/aromatic N) is 2. The van der Waals surface area contributed by atoms with Crippen molar-refractivity contribution < 1.29 is 4.79 Å². The molecule has 1 atom stereocenters. The van der Waals surface area contributed by atoms with Crippen LogP contribution >= 0.6 is 0 Å². The maximum absolute atomic E-state index is 12.5. The fraction of sp³-hybridized carbons (Fsp3) is 0.682. The van der Waals surface area contributed by atoms with Gasteiger partial charge in [-0.25, -0.2) is 0 Å². The van der Waals surface area contributed by atoms with E-state index in [-0.39, 0.29) is 5.92 Å². The summed E-state index contributed by atoms with van der Waals surface area (Å²) in [7, 11) is 0. The maximum atomic E-state index is 12.5. The molecular formula is C22H33N3O. The molecule has 142 valence electrons. The van der Waals surface area contributed by atoms with E-state index in [2.05, 4.69) is 45.4 Å². The van der Waals surface area contributed by atoms with Crippen LogP contribution in [0.3, 0.4) is 0 Å². The molecular weight excluding hydrogens is 322 g/mol. The van der Waals surface area contributed by atoms with Crippen LogP contribution in [0, 0.1) is 5.92 Å². The van der Waals surface area contributed by atoms with Crippen LogP contribution in [-0.2, 0) is 11.3 Å². The van der Waals surface area contributed by atoms with Gasteiger partial charge in [0, 0.05) is 25.2 Å². The van der Waals surface area contributed by atoms with E-state index in [0.29, 0.717) is 18.0 Å². The topological polar surface area (TPSA) is 35.6 Å². The molecule has 4 nitrogen and oxygen atoms in total. The van der Waals surface area contributed by atoms with Gasteiger partial charge in [-0.2, -0.15) is 0 Å². The highest BCUT2D eigenvalue weighted by molar-refractivity contribution is 5.79. The molecule has 1 aromatic carbocycles. The van der Waals surface area contributed by atoms with Gasteiger partial charge in [0.05, 0.1) is 5.92 Å². The first kappa shape index (κ1) is 18.0. The lowest BCUT2D eigenvalue weighted by Gasteiger charge is -2.42. The van der Waals surface area contributed by atoms with Crippen LogP contribution in [-0.4, -0.2) is 54.0 Å². The van der Waals surface area contributed by atoms with E-state index in [1.165, 1.54) is 63.7 Å². The van der Waals surface area contributed by atoms with Crippen molar-refractivity contribution in [2.24, 2.45) is 5.92 Å². The van der Waals surface area contributed by atoms with E-state index in [9.17, 15) is 4.79 Å². The van der Waals surface area contributed by atoms with Gasteiger partial charge in [-0.05, 0) is 70.1 Å². The summed E-state index contributed by atoms with van der Waals surface area (Å²) in [5, 5.41) is 3.27. The fourth-order valence-corrected chi connectivity index (χ4v) is 4.71. The molecule has 1 saturated carbocycles. The second kappa shape index (κ2) is 8.53.